The maximum atomic E-state index is 11.3. The summed E-state index contributed by atoms with van der Waals surface area (Å²) in [5.74, 6) is 0.0531. The van der Waals surface area contributed by atoms with E-state index in [-0.39, 0.29) is 12.5 Å². The summed E-state index contributed by atoms with van der Waals surface area (Å²) in [7, 11) is 0. The lowest BCUT2D eigenvalue weighted by atomic mass is 10.2. The molecular formula is C12H18N2O2. The van der Waals surface area contributed by atoms with E-state index in [0.717, 1.165) is 18.4 Å². The molecule has 1 heterocycles. The van der Waals surface area contributed by atoms with Crippen LogP contribution < -0.4 is 5.32 Å². The Labute approximate surface area is 95.7 Å². The van der Waals surface area contributed by atoms with E-state index in [1.807, 2.05) is 12.1 Å². The van der Waals surface area contributed by atoms with Crippen molar-refractivity contribution in [1.29, 1.82) is 0 Å². The molecule has 1 amide bonds. The zero-order valence-corrected chi connectivity index (χ0v) is 9.35. The lowest BCUT2D eigenvalue weighted by Crippen LogP contribution is -2.25. The summed E-state index contributed by atoms with van der Waals surface area (Å²) >= 11 is 0. The van der Waals surface area contributed by atoms with Crippen LogP contribution in [0.1, 0.15) is 24.8 Å². The molecule has 0 radical (unpaired) electrons. The van der Waals surface area contributed by atoms with Gasteiger partial charge in [0.2, 0.25) is 5.91 Å². The summed E-state index contributed by atoms with van der Waals surface area (Å²) in [5.41, 5.74) is 1.12. The molecular weight excluding hydrogens is 204 g/mol. The van der Waals surface area contributed by atoms with E-state index < -0.39 is 0 Å². The Morgan fingerprint density at radius 2 is 2.31 bits per heavy atom. The molecule has 0 unspecified atom stereocenters. The van der Waals surface area contributed by atoms with Crippen molar-refractivity contribution < 1.29 is 9.90 Å². The zero-order valence-electron chi connectivity index (χ0n) is 9.35. The molecule has 0 aromatic carbocycles. The van der Waals surface area contributed by atoms with Gasteiger partial charge in [-0.25, -0.2) is 0 Å². The third kappa shape index (κ3) is 5.46. The van der Waals surface area contributed by atoms with Crippen molar-refractivity contribution in [2.75, 3.05) is 13.2 Å². The Bertz CT molecular complexity index is 301. The molecule has 0 aliphatic heterocycles. The Kier molecular flexibility index (Phi) is 6.18. The Balaban J connectivity index is 2.09. The van der Waals surface area contributed by atoms with Gasteiger partial charge >= 0.3 is 0 Å². The third-order valence-electron chi connectivity index (χ3n) is 2.27. The van der Waals surface area contributed by atoms with Crippen LogP contribution >= 0.6 is 0 Å². The highest BCUT2D eigenvalue weighted by atomic mass is 16.2. The summed E-state index contributed by atoms with van der Waals surface area (Å²) in [6.45, 7) is 0.798. The molecule has 4 nitrogen and oxygen atoms in total. The average Bonchev–Trinajstić information content (AvgIpc) is 2.31. The quantitative estimate of drug-likeness (QED) is 0.674. The summed E-state index contributed by atoms with van der Waals surface area (Å²) in [5, 5.41) is 11.4. The van der Waals surface area contributed by atoms with Gasteiger partial charge in [0.15, 0.2) is 0 Å². The number of rotatable bonds is 7. The van der Waals surface area contributed by atoms with Crippen LogP contribution in [0.15, 0.2) is 24.5 Å². The van der Waals surface area contributed by atoms with Crippen molar-refractivity contribution in [3.05, 3.63) is 30.1 Å². The van der Waals surface area contributed by atoms with Gasteiger partial charge < -0.3 is 10.4 Å². The number of nitrogens with zero attached hydrogens (tertiary/aromatic N) is 1. The van der Waals surface area contributed by atoms with Gasteiger partial charge in [0.1, 0.15) is 0 Å². The number of hydrogen-bond donors (Lipinski definition) is 2. The van der Waals surface area contributed by atoms with Gasteiger partial charge in [-0.15, -0.1) is 0 Å². The summed E-state index contributed by atoms with van der Waals surface area (Å²) in [6.07, 6.45) is 6.27. The number of pyridine rings is 1. The molecule has 0 aliphatic carbocycles. The van der Waals surface area contributed by atoms with Crippen molar-refractivity contribution in [2.24, 2.45) is 0 Å². The van der Waals surface area contributed by atoms with Crippen LogP contribution in [0.4, 0.5) is 0 Å². The van der Waals surface area contributed by atoms with Gasteiger partial charge in [-0.1, -0.05) is 6.07 Å². The molecule has 0 saturated carbocycles. The van der Waals surface area contributed by atoms with E-state index in [1.54, 1.807) is 12.4 Å². The number of carbonyl (C=O) groups is 1. The monoisotopic (exact) mass is 222 g/mol. The zero-order chi connectivity index (χ0) is 11.6. The molecule has 0 saturated heterocycles. The van der Waals surface area contributed by atoms with Crippen LogP contribution in [0, 0.1) is 0 Å². The minimum absolute atomic E-state index is 0.0531. The highest BCUT2D eigenvalue weighted by Crippen LogP contribution is 1.97. The standard InChI is InChI=1S/C12H18N2O2/c15-9-2-1-5-12(16)14-8-6-11-4-3-7-13-10-11/h3-4,7,10,15H,1-2,5-6,8-9H2,(H,14,16). The van der Waals surface area contributed by atoms with Crippen LogP contribution in [0.25, 0.3) is 0 Å². The van der Waals surface area contributed by atoms with E-state index in [9.17, 15) is 4.79 Å². The van der Waals surface area contributed by atoms with Crippen LogP contribution in [0.3, 0.4) is 0 Å². The molecule has 0 spiro atoms. The smallest absolute Gasteiger partial charge is 0.220 e. The van der Waals surface area contributed by atoms with Crippen LogP contribution in [0.2, 0.25) is 0 Å². The molecule has 1 aromatic rings. The van der Waals surface area contributed by atoms with Gasteiger partial charge in [0.25, 0.3) is 0 Å². The van der Waals surface area contributed by atoms with Crippen LogP contribution in [0.5, 0.6) is 0 Å². The summed E-state index contributed by atoms with van der Waals surface area (Å²) < 4.78 is 0. The van der Waals surface area contributed by atoms with E-state index in [2.05, 4.69) is 10.3 Å². The van der Waals surface area contributed by atoms with Crippen molar-refractivity contribution in [3.8, 4) is 0 Å². The molecule has 0 atom stereocenters. The first-order valence-corrected chi connectivity index (χ1v) is 5.59. The molecule has 0 aliphatic rings. The number of aromatic nitrogens is 1. The highest BCUT2D eigenvalue weighted by molar-refractivity contribution is 5.75. The molecule has 1 aromatic heterocycles. The lowest BCUT2D eigenvalue weighted by Gasteiger charge is -2.04. The maximum absolute atomic E-state index is 11.3. The Morgan fingerprint density at radius 1 is 1.44 bits per heavy atom. The Morgan fingerprint density at radius 3 is 3.00 bits per heavy atom. The van der Waals surface area contributed by atoms with Gasteiger partial charge in [0.05, 0.1) is 0 Å². The summed E-state index contributed by atoms with van der Waals surface area (Å²) in [6, 6.07) is 3.88. The van der Waals surface area contributed by atoms with Gasteiger partial charge in [-0.05, 0) is 30.9 Å². The number of unbranched alkanes of at least 4 members (excludes halogenated alkanes) is 1. The first-order valence-electron chi connectivity index (χ1n) is 5.59. The third-order valence-corrected chi connectivity index (χ3v) is 2.27. The molecule has 0 bridgehead atoms. The van der Waals surface area contributed by atoms with Crippen LogP contribution in [-0.2, 0) is 11.2 Å². The van der Waals surface area contributed by atoms with Crippen molar-refractivity contribution >= 4 is 5.91 Å². The number of carbonyl (C=O) groups excluding carboxylic acids is 1. The first-order chi connectivity index (χ1) is 7.83. The number of nitrogens with one attached hydrogen (secondary N) is 1. The minimum Gasteiger partial charge on any atom is -0.396 e. The summed E-state index contributed by atoms with van der Waals surface area (Å²) in [4.78, 5) is 15.3. The van der Waals surface area contributed by atoms with E-state index in [0.29, 0.717) is 19.4 Å². The fourth-order valence-corrected chi connectivity index (χ4v) is 1.38. The first kappa shape index (κ1) is 12.6. The van der Waals surface area contributed by atoms with Gasteiger partial charge in [0, 0.05) is 32.0 Å². The molecule has 88 valence electrons. The molecule has 0 fully saturated rings. The van der Waals surface area contributed by atoms with Gasteiger partial charge in [-0.2, -0.15) is 0 Å². The highest BCUT2D eigenvalue weighted by Gasteiger charge is 2.00. The fourth-order valence-electron chi connectivity index (χ4n) is 1.38. The number of hydrogen-bond acceptors (Lipinski definition) is 3. The maximum Gasteiger partial charge on any atom is 0.220 e. The minimum atomic E-state index is 0.0531. The van der Waals surface area contributed by atoms with E-state index in [4.69, 9.17) is 5.11 Å². The van der Waals surface area contributed by atoms with Crippen molar-refractivity contribution in [3.63, 3.8) is 0 Å². The van der Waals surface area contributed by atoms with Gasteiger partial charge in [-0.3, -0.25) is 9.78 Å². The predicted molar refractivity (Wildman–Crippen MR) is 61.9 cm³/mol. The second-order valence-corrected chi connectivity index (χ2v) is 3.64. The second kappa shape index (κ2) is 7.82. The average molecular weight is 222 g/mol. The molecule has 4 heteroatoms. The van der Waals surface area contributed by atoms with Crippen LogP contribution in [-0.4, -0.2) is 29.1 Å². The predicted octanol–water partition coefficient (Wildman–Crippen LogP) is 0.903. The number of aliphatic hydroxyl groups excluding tert-OH is 1. The second-order valence-electron chi connectivity index (χ2n) is 3.64. The largest absolute Gasteiger partial charge is 0.396 e. The SMILES string of the molecule is O=C(CCCCO)NCCc1cccnc1. The van der Waals surface area contributed by atoms with Crippen molar-refractivity contribution in [1.82, 2.24) is 10.3 Å². The lowest BCUT2D eigenvalue weighted by molar-refractivity contribution is -0.121. The molecule has 1 rings (SSSR count). The topological polar surface area (TPSA) is 62.2 Å². The fraction of sp³-hybridized carbons (Fsp3) is 0.500. The normalized spacial score (nSPS) is 10.1. The van der Waals surface area contributed by atoms with E-state index >= 15 is 0 Å². The number of aliphatic hydroxyl groups is 1. The Hall–Kier alpha value is -1.42. The number of amides is 1. The molecule has 2 N–H and O–H groups in total. The van der Waals surface area contributed by atoms with Crippen molar-refractivity contribution in [2.45, 2.75) is 25.7 Å². The van der Waals surface area contributed by atoms with E-state index in [1.165, 1.54) is 0 Å². The molecule has 16 heavy (non-hydrogen) atoms.